The number of unbranched alkanes of at least 4 members (excludes halogenated alkanes) is 20. The second-order valence-corrected chi connectivity index (χ2v) is 16.5. The van der Waals surface area contributed by atoms with Gasteiger partial charge in [-0.2, -0.15) is 0 Å². The first-order valence-electron chi connectivity index (χ1n) is 20.6. The Morgan fingerprint density at radius 3 is 1.64 bits per heavy atom. The highest BCUT2D eigenvalue weighted by atomic mass is 31.2. The lowest BCUT2D eigenvalue weighted by atomic mass is 10.1. The fourth-order valence-electron chi connectivity index (χ4n) is 5.52. The number of ether oxygens (including phenoxy) is 2. The van der Waals surface area contributed by atoms with Crippen LogP contribution in [0.25, 0.3) is 0 Å². The van der Waals surface area contributed by atoms with Gasteiger partial charge in [0.2, 0.25) is 0 Å². The quantitative estimate of drug-likeness (QED) is 0.0222. The third-order valence-corrected chi connectivity index (χ3v) is 9.75. The molecular formula is C41H81NO7P+. The zero-order valence-electron chi connectivity index (χ0n) is 33.4. The number of esters is 1. The summed E-state index contributed by atoms with van der Waals surface area (Å²) in [6.07, 6.45) is 37.7. The molecule has 0 amide bonds. The highest BCUT2D eigenvalue weighted by Crippen LogP contribution is 2.43. The summed E-state index contributed by atoms with van der Waals surface area (Å²) >= 11 is 0. The maximum absolute atomic E-state index is 12.6. The average Bonchev–Trinajstić information content (AvgIpc) is 3.06. The summed E-state index contributed by atoms with van der Waals surface area (Å²) in [4.78, 5) is 22.8. The molecule has 0 spiro atoms. The van der Waals surface area contributed by atoms with Crippen molar-refractivity contribution in [3.8, 4) is 0 Å². The molecule has 0 aliphatic carbocycles. The second kappa shape index (κ2) is 35.0. The van der Waals surface area contributed by atoms with E-state index in [-0.39, 0.29) is 25.8 Å². The maximum Gasteiger partial charge on any atom is 0.472 e. The van der Waals surface area contributed by atoms with Crippen molar-refractivity contribution >= 4 is 13.8 Å². The van der Waals surface area contributed by atoms with Crippen LogP contribution in [0.15, 0.2) is 24.3 Å². The Bertz CT molecular complexity index is 858. The lowest BCUT2D eigenvalue weighted by Crippen LogP contribution is -2.37. The zero-order chi connectivity index (χ0) is 37.0. The molecule has 0 aliphatic heterocycles. The third kappa shape index (κ3) is 38.2. The van der Waals surface area contributed by atoms with Gasteiger partial charge in [-0.3, -0.25) is 13.8 Å². The Morgan fingerprint density at radius 2 is 1.10 bits per heavy atom. The molecule has 0 aliphatic rings. The molecule has 0 bridgehead atoms. The molecule has 1 N–H and O–H groups in total. The van der Waals surface area contributed by atoms with E-state index in [1.807, 2.05) is 21.1 Å². The summed E-state index contributed by atoms with van der Waals surface area (Å²) in [5.74, 6) is -0.326. The topological polar surface area (TPSA) is 91.3 Å². The molecule has 8 nitrogen and oxygen atoms in total. The summed E-state index contributed by atoms with van der Waals surface area (Å²) in [7, 11) is 1.66. The minimum absolute atomic E-state index is 0.0874. The van der Waals surface area contributed by atoms with E-state index in [1.54, 1.807) is 0 Å². The third-order valence-electron chi connectivity index (χ3n) is 8.77. The standard InChI is InChI=1S/C41H80NO7P/c1-6-8-10-12-14-16-18-20-21-22-23-24-26-28-30-32-34-41(43)49-40(39-48-50(44,45)47-37-35-42(3,4)5)38-46-36-33-31-29-27-25-19-17-15-13-11-9-7-2/h16,18,21-22,40H,6-15,17,19-20,23-39H2,1-5H3/p+1/b18-16-,22-21-. The monoisotopic (exact) mass is 731 g/mol. The van der Waals surface area contributed by atoms with Crippen molar-refractivity contribution in [2.45, 2.75) is 180 Å². The smallest absolute Gasteiger partial charge is 0.457 e. The number of nitrogens with zero attached hydrogens (tertiary/aromatic N) is 1. The Hall–Kier alpha value is -1.02. The molecule has 296 valence electrons. The molecule has 2 unspecified atom stereocenters. The Balaban J connectivity index is 4.29. The number of phosphoric acid groups is 1. The van der Waals surface area contributed by atoms with Crippen LogP contribution in [-0.4, -0.2) is 75.6 Å². The van der Waals surface area contributed by atoms with Gasteiger partial charge < -0.3 is 18.9 Å². The van der Waals surface area contributed by atoms with Crippen molar-refractivity contribution in [1.82, 2.24) is 0 Å². The summed E-state index contributed by atoms with van der Waals surface area (Å²) in [5.41, 5.74) is 0. The van der Waals surface area contributed by atoms with Gasteiger partial charge in [0, 0.05) is 13.0 Å². The van der Waals surface area contributed by atoms with Gasteiger partial charge in [0.15, 0.2) is 0 Å². The SMILES string of the molecule is CCCCCC/C=C\C/C=C\CCCCCCCC(=O)OC(COCCCCCCCCCCCCCC)COP(=O)(O)OCC[N+](C)(C)C. The molecular weight excluding hydrogens is 649 g/mol. The first-order valence-corrected chi connectivity index (χ1v) is 22.1. The van der Waals surface area contributed by atoms with Gasteiger partial charge in [-0.15, -0.1) is 0 Å². The summed E-state index contributed by atoms with van der Waals surface area (Å²) in [6, 6.07) is 0. The van der Waals surface area contributed by atoms with E-state index in [4.69, 9.17) is 18.5 Å². The maximum atomic E-state index is 12.6. The Morgan fingerprint density at radius 1 is 0.620 bits per heavy atom. The number of quaternary nitrogens is 1. The van der Waals surface area contributed by atoms with Crippen molar-refractivity contribution < 1.29 is 37.3 Å². The van der Waals surface area contributed by atoms with Crippen molar-refractivity contribution in [2.24, 2.45) is 0 Å². The number of carbonyl (C=O) groups excluding carboxylic acids is 1. The van der Waals surface area contributed by atoms with Crippen LogP contribution in [0.2, 0.25) is 0 Å². The van der Waals surface area contributed by atoms with Crippen molar-refractivity contribution in [2.75, 3.05) is 54.1 Å². The van der Waals surface area contributed by atoms with E-state index in [9.17, 15) is 14.3 Å². The molecule has 0 rings (SSSR count). The molecule has 0 saturated heterocycles. The van der Waals surface area contributed by atoms with E-state index in [2.05, 4.69) is 38.2 Å². The zero-order valence-corrected chi connectivity index (χ0v) is 34.3. The van der Waals surface area contributed by atoms with Crippen LogP contribution < -0.4 is 0 Å². The summed E-state index contributed by atoms with van der Waals surface area (Å²) in [5, 5.41) is 0. The number of carbonyl (C=O) groups is 1. The van der Waals surface area contributed by atoms with Crippen molar-refractivity contribution in [3.05, 3.63) is 24.3 Å². The van der Waals surface area contributed by atoms with Crippen LogP contribution in [-0.2, 0) is 27.9 Å². The largest absolute Gasteiger partial charge is 0.472 e. The Labute approximate surface area is 309 Å². The van der Waals surface area contributed by atoms with E-state index in [0.29, 0.717) is 24.1 Å². The highest BCUT2D eigenvalue weighted by molar-refractivity contribution is 7.47. The second-order valence-electron chi connectivity index (χ2n) is 15.0. The molecule has 0 aromatic carbocycles. The van der Waals surface area contributed by atoms with Crippen molar-refractivity contribution in [1.29, 1.82) is 0 Å². The van der Waals surface area contributed by atoms with Gasteiger partial charge in [-0.1, -0.05) is 147 Å². The van der Waals surface area contributed by atoms with Gasteiger partial charge in [0.05, 0.1) is 34.4 Å². The van der Waals surface area contributed by atoms with Crippen LogP contribution in [0.1, 0.15) is 174 Å². The number of allylic oxidation sites excluding steroid dienone is 4. The molecule has 0 aromatic rings. The fraction of sp³-hybridized carbons (Fsp3) is 0.878. The first-order chi connectivity index (χ1) is 24.1. The molecule has 0 aromatic heterocycles. The van der Waals surface area contributed by atoms with Gasteiger partial charge in [-0.05, 0) is 44.9 Å². The van der Waals surface area contributed by atoms with Gasteiger partial charge in [0.1, 0.15) is 19.3 Å². The highest BCUT2D eigenvalue weighted by Gasteiger charge is 2.26. The van der Waals surface area contributed by atoms with Crippen LogP contribution in [0, 0.1) is 0 Å². The van der Waals surface area contributed by atoms with Crippen LogP contribution in [0.5, 0.6) is 0 Å². The molecule has 0 fully saturated rings. The number of likely N-dealkylation sites (N-methyl/N-ethyl adjacent to an activating group) is 1. The van der Waals surface area contributed by atoms with Crippen molar-refractivity contribution in [3.63, 3.8) is 0 Å². The molecule has 2 atom stereocenters. The first kappa shape index (κ1) is 49.0. The Kier molecular flexibility index (Phi) is 34.3. The van der Waals surface area contributed by atoms with E-state index >= 15 is 0 Å². The lowest BCUT2D eigenvalue weighted by molar-refractivity contribution is -0.870. The normalized spacial score (nSPS) is 14.1. The van der Waals surface area contributed by atoms with Crippen LogP contribution >= 0.6 is 7.82 Å². The average molecular weight is 731 g/mol. The fourth-order valence-corrected chi connectivity index (χ4v) is 6.26. The lowest BCUT2D eigenvalue weighted by Gasteiger charge is -2.24. The van der Waals surface area contributed by atoms with Crippen LogP contribution in [0.4, 0.5) is 0 Å². The predicted molar refractivity (Wildman–Crippen MR) is 210 cm³/mol. The van der Waals surface area contributed by atoms with Gasteiger partial charge in [0.25, 0.3) is 0 Å². The molecule has 50 heavy (non-hydrogen) atoms. The number of phosphoric ester groups is 1. The minimum Gasteiger partial charge on any atom is -0.457 e. The number of rotatable bonds is 38. The molecule has 0 heterocycles. The van der Waals surface area contributed by atoms with Gasteiger partial charge in [-0.25, -0.2) is 4.57 Å². The number of hydrogen-bond donors (Lipinski definition) is 1. The van der Waals surface area contributed by atoms with E-state index in [1.165, 1.54) is 96.3 Å². The summed E-state index contributed by atoms with van der Waals surface area (Å²) < 4.78 is 34.9. The van der Waals surface area contributed by atoms with Gasteiger partial charge >= 0.3 is 13.8 Å². The molecule has 9 heteroatoms. The number of hydrogen-bond acceptors (Lipinski definition) is 6. The predicted octanol–water partition coefficient (Wildman–Crippen LogP) is 11.7. The molecule has 0 radical (unpaired) electrons. The van der Waals surface area contributed by atoms with E-state index < -0.39 is 13.9 Å². The summed E-state index contributed by atoms with van der Waals surface area (Å²) in [6.45, 7) is 5.60. The molecule has 0 saturated carbocycles. The van der Waals surface area contributed by atoms with Crippen LogP contribution in [0.3, 0.4) is 0 Å². The minimum atomic E-state index is -4.27. The van der Waals surface area contributed by atoms with E-state index in [0.717, 1.165) is 57.8 Å².